The van der Waals surface area contributed by atoms with Crippen molar-refractivity contribution in [3.8, 4) is 28.6 Å². The molecule has 0 aliphatic heterocycles. The lowest BCUT2D eigenvalue weighted by molar-refractivity contribution is -0.120. The van der Waals surface area contributed by atoms with Crippen LogP contribution in [-0.2, 0) is 4.79 Å². The second-order valence-electron chi connectivity index (χ2n) is 6.72. The molecule has 178 valence electrons. The van der Waals surface area contributed by atoms with E-state index in [1.165, 1.54) is 39.7 Å². The van der Waals surface area contributed by atoms with Crippen LogP contribution in [0.2, 0.25) is 10.0 Å². The van der Waals surface area contributed by atoms with Gasteiger partial charge in [0.25, 0.3) is 11.8 Å². The molecule has 0 radical (unpaired) electrons. The van der Waals surface area contributed by atoms with Crippen molar-refractivity contribution < 1.29 is 28.2 Å². The van der Waals surface area contributed by atoms with Gasteiger partial charge in [-0.15, -0.1) is 0 Å². The summed E-state index contributed by atoms with van der Waals surface area (Å²) in [6.07, 6.45) is 1.33. The van der Waals surface area contributed by atoms with Crippen LogP contribution in [0.25, 0.3) is 11.3 Å². The second-order valence-corrected chi connectivity index (χ2v) is 7.56. The van der Waals surface area contributed by atoms with E-state index in [1.807, 2.05) is 0 Å². The minimum absolute atomic E-state index is 0.231. The Labute approximate surface area is 205 Å². The third kappa shape index (κ3) is 6.00. The summed E-state index contributed by atoms with van der Waals surface area (Å²) < 4.78 is 21.3. The van der Waals surface area contributed by atoms with Crippen LogP contribution in [0, 0.1) is 0 Å². The van der Waals surface area contributed by atoms with E-state index >= 15 is 0 Å². The Kier molecular flexibility index (Phi) is 8.39. The van der Waals surface area contributed by atoms with E-state index in [1.54, 1.807) is 30.3 Å². The molecule has 0 unspecified atom stereocenters. The Morgan fingerprint density at radius 1 is 1.00 bits per heavy atom. The van der Waals surface area contributed by atoms with Crippen molar-refractivity contribution in [2.45, 2.75) is 0 Å². The van der Waals surface area contributed by atoms with Gasteiger partial charge in [0.05, 0.1) is 39.1 Å². The summed E-state index contributed by atoms with van der Waals surface area (Å²) in [5.41, 5.74) is 3.21. The largest absolute Gasteiger partial charge is 0.493 e. The zero-order valence-corrected chi connectivity index (χ0v) is 20.0. The average molecular weight is 506 g/mol. The monoisotopic (exact) mass is 505 g/mol. The van der Waals surface area contributed by atoms with Gasteiger partial charge in [-0.2, -0.15) is 5.10 Å². The first-order chi connectivity index (χ1) is 16.4. The summed E-state index contributed by atoms with van der Waals surface area (Å²) in [5.74, 6) is 0.860. The van der Waals surface area contributed by atoms with E-state index in [9.17, 15) is 9.59 Å². The van der Waals surface area contributed by atoms with Gasteiger partial charge in [-0.1, -0.05) is 23.2 Å². The molecule has 2 N–H and O–H groups in total. The number of carbonyl (C=O) groups excluding carboxylic acids is 2. The van der Waals surface area contributed by atoms with Crippen LogP contribution in [0.3, 0.4) is 0 Å². The second kappa shape index (κ2) is 11.4. The highest BCUT2D eigenvalue weighted by molar-refractivity contribution is 6.36. The number of nitrogens with zero attached hydrogens (tertiary/aromatic N) is 1. The van der Waals surface area contributed by atoms with Crippen LogP contribution >= 0.6 is 23.2 Å². The molecule has 9 nitrogen and oxygen atoms in total. The normalized spacial score (nSPS) is 10.7. The lowest BCUT2D eigenvalue weighted by Crippen LogP contribution is -2.34. The van der Waals surface area contributed by atoms with E-state index in [0.29, 0.717) is 44.4 Å². The Morgan fingerprint density at radius 2 is 1.71 bits per heavy atom. The molecule has 0 aliphatic rings. The third-order valence-corrected chi connectivity index (χ3v) is 5.09. The van der Waals surface area contributed by atoms with Gasteiger partial charge in [0.1, 0.15) is 11.5 Å². The molecule has 3 rings (SSSR count). The molecule has 11 heteroatoms. The summed E-state index contributed by atoms with van der Waals surface area (Å²) in [6.45, 7) is -0.309. The number of benzene rings is 2. The minimum atomic E-state index is -0.537. The Hall–Kier alpha value is -3.69. The van der Waals surface area contributed by atoms with Gasteiger partial charge in [0, 0.05) is 16.1 Å². The molecular weight excluding hydrogens is 485 g/mol. The van der Waals surface area contributed by atoms with E-state index in [2.05, 4.69) is 15.8 Å². The number of amides is 2. The number of nitrogens with one attached hydrogen (secondary N) is 2. The van der Waals surface area contributed by atoms with Crippen LogP contribution in [0.5, 0.6) is 17.2 Å². The van der Waals surface area contributed by atoms with Crippen molar-refractivity contribution in [1.29, 1.82) is 0 Å². The molecule has 1 aromatic heterocycles. The van der Waals surface area contributed by atoms with Gasteiger partial charge in [0.2, 0.25) is 5.75 Å². The van der Waals surface area contributed by atoms with Gasteiger partial charge < -0.3 is 23.9 Å². The predicted octanol–water partition coefficient (Wildman–Crippen LogP) is 4.16. The van der Waals surface area contributed by atoms with Gasteiger partial charge in [0.15, 0.2) is 11.5 Å². The molecule has 0 saturated heterocycles. The highest BCUT2D eigenvalue weighted by Gasteiger charge is 2.17. The summed E-state index contributed by atoms with van der Waals surface area (Å²) in [4.78, 5) is 24.5. The fourth-order valence-electron chi connectivity index (χ4n) is 2.94. The predicted molar refractivity (Wildman–Crippen MR) is 128 cm³/mol. The lowest BCUT2D eigenvalue weighted by Gasteiger charge is -2.14. The van der Waals surface area contributed by atoms with Crippen LogP contribution in [0.1, 0.15) is 16.1 Å². The number of methoxy groups -OCH3 is 3. The lowest BCUT2D eigenvalue weighted by atomic mass is 10.1. The SMILES string of the molecule is COc1cc(C(=O)NCC(=O)NN=Cc2ccc(-c3ccc(Cl)cc3Cl)o2)cc(OC)c1OC. The fourth-order valence-corrected chi connectivity index (χ4v) is 3.44. The van der Waals surface area contributed by atoms with Crippen molar-refractivity contribution in [2.75, 3.05) is 27.9 Å². The molecule has 0 bridgehead atoms. The highest BCUT2D eigenvalue weighted by atomic mass is 35.5. The van der Waals surface area contributed by atoms with Crippen molar-refractivity contribution in [1.82, 2.24) is 10.7 Å². The first-order valence-corrected chi connectivity index (χ1v) is 10.6. The molecule has 0 spiro atoms. The number of halogens is 2. The van der Waals surface area contributed by atoms with E-state index < -0.39 is 11.8 Å². The van der Waals surface area contributed by atoms with Gasteiger partial charge in [-0.05, 0) is 42.5 Å². The fraction of sp³-hybridized carbons (Fsp3) is 0.174. The average Bonchev–Trinajstić information content (AvgIpc) is 3.29. The summed E-state index contributed by atoms with van der Waals surface area (Å²) in [7, 11) is 4.34. The minimum Gasteiger partial charge on any atom is -0.493 e. The number of hydrogen-bond donors (Lipinski definition) is 2. The summed E-state index contributed by atoms with van der Waals surface area (Å²) >= 11 is 12.1. The van der Waals surface area contributed by atoms with E-state index in [4.69, 9.17) is 41.8 Å². The van der Waals surface area contributed by atoms with Crippen molar-refractivity contribution in [3.05, 3.63) is 63.8 Å². The van der Waals surface area contributed by atoms with Crippen LogP contribution in [-0.4, -0.2) is 45.9 Å². The standard InChI is InChI=1S/C23H21Cl2N3O6/c1-31-19-8-13(9-20(32-2)22(19)33-3)23(30)26-12-21(29)28-27-11-15-5-7-18(34-15)16-6-4-14(24)10-17(16)25/h4-11H,12H2,1-3H3,(H,26,30)(H,28,29). The summed E-state index contributed by atoms with van der Waals surface area (Å²) in [5, 5.41) is 7.29. The van der Waals surface area contributed by atoms with Crippen LogP contribution in [0.15, 0.2) is 52.0 Å². The Morgan fingerprint density at radius 3 is 2.32 bits per heavy atom. The molecule has 3 aromatic rings. The molecule has 2 amide bonds. The van der Waals surface area contributed by atoms with Crippen LogP contribution < -0.4 is 25.0 Å². The Bertz CT molecular complexity index is 1200. The number of rotatable bonds is 9. The molecule has 0 saturated carbocycles. The third-order valence-electron chi connectivity index (χ3n) is 4.54. The van der Waals surface area contributed by atoms with Crippen LogP contribution in [0.4, 0.5) is 0 Å². The quantitative estimate of drug-likeness (QED) is 0.333. The van der Waals surface area contributed by atoms with Crippen molar-refractivity contribution >= 4 is 41.2 Å². The van der Waals surface area contributed by atoms with Gasteiger partial charge in [-0.3, -0.25) is 9.59 Å². The highest BCUT2D eigenvalue weighted by Crippen LogP contribution is 2.38. The molecular formula is C23H21Cl2N3O6. The molecule has 0 fully saturated rings. The number of hydrogen-bond acceptors (Lipinski definition) is 7. The smallest absolute Gasteiger partial charge is 0.259 e. The van der Waals surface area contributed by atoms with Crippen molar-refractivity contribution in [3.63, 3.8) is 0 Å². The zero-order chi connectivity index (χ0) is 24.7. The van der Waals surface area contributed by atoms with Crippen molar-refractivity contribution in [2.24, 2.45) is 5.10 Å². The molecule has 2 aromatic carbocycles. The summed E-state index contributed by atoms with van der Waals surface area (Å²) in [6, 6.07) is 11.4. The Balaban J connectivity index is 1.56. The molecule has 1 heterocycles. The topological polar surface area (TPSA) is 111 Å². The zero-order valence-electron chi connectivity index (χ0n) is 18.5. The number of carbonyl (C=O) groups is 2. The maximum absolute atomic E-state index is 12.5. The first kappa shape index (κ1) is 24.9. The first-order valence-electron chi connectivity index (χ1n) is 9.81. The number of ether oxygens (including phenoxy) is 3. The van der Waals surface area contributed by atoms with Gasteiger partial charge >= 0.3 is 0 Å². The number of furan rings is 1. The van der Waals surface area contributed by atoms with E-state index in [0.717, 1.165) is 0 Å². The molecule has 0 atom stereocenters. The molecule has 34 heavy (non-hydrogen) atoms. The van der Waals surface area contributed by atoms with Gasteiger partial charge in [-0.25, -0.2) is 5.43 Å². The van der Waals surface area contributed by atoms with E-state index in [-0.39, 0.29) is 12.1 Å². The maximum atomic E-state index is 12.5. The maximum Gasteiger partial charge on any atom is 0.259 e. The number of hydrazone groups is 1. The molecule has 0 aliphatic carbocycles.